The summed E-state index contributed by atoms with van der Waals surface area (Å²) in [5.74, 6) is -1.13. The van der Waals surface area contributed by atoms with Crippen molar-refractivity contribution < 1.29 is 19.1 Å². The molecule has 0 saturated heterocycles. The molecule has 0 aliphatic heterocycles. The van der Waals surface area contributed by atoms with Gasteiger partial charge < -0.3 is 15.4 Å². The second-order valence-electron chi connectivity index (χ2n) is 8.11. The fraction of sp³-hybridized carbons (Fsp3) is 0.478. The van der Waals surface area contributed by atoms with Gasteiger partial charge in [0.05, 0.1) is 5.56 Å². The second kappa shape index (κ2) is 9.25. The molecule has 1 amide bonds. The van der Waals surface area contributed by atoms with Crippen LogP contribution in [0.25, 0.3) is 11.3 Å². The van der Waals surface area contributed by atoms with Crippen molar-refractivity contribution in [2.45, 2.75) is 64.3 Å². The Hall–Kier alpha value is -2.63. The number of primary amides is 1. The highest BCUT2D eigenvalue weighted by molar-refractivity contribution is 5.91. The van der Waals surface area contributed by atoms with E-state index in [1.54, 1.807) is 25.1 Å². The van der Waals surface area contributed by atoms with E-state index in [0.29, 0.717) is 18.0 Å². The lowest BCUT2D eigenvalue weighted by Gasteiger charge is -2.30. The van der Waals surface area contributed by atoms with Crippen molar-refractivity contribution >= 4 is 11.9 Å². The summed E-state index contributed by atoms with van der Waals surface area (Å²) in [5.41, 5.74) is 7.81. The molecule has 0 spiro atoms. The van der Waals surface area contributed by atoms with Crippen molar-refractivity contribution in [1.29, 1.82) is 0 Å². The largest absolute Gasteiger partial charge is 0.478 e. The van der Waals surface area contributed by atoms with Gasteiger partial charge in [-0.25, -0.2) is 9.18 Å². The van der Waals surface area contributed by atoms with Gasteiger partial charge in [0.2, 0.25) is 5.91 Å². The topological polar surface area (TPSA) is 85.3 Å². The average molecular weight is 400 g/mol. The Morgan fingerprint density at radius 1 is 1.21 bits per heavy atom. The van der Waals surface area contributed by atoms with Crippen molar-refractivity contribution in [2.75, 3.05) is 0 Å². The van der Waals surface area contributed by atoms with Crippen molar-refractivity contribution in [1.82, 2.24) is 4.57 Å². The Morgan fingerprint density at radius 3 is 2.45 bits per heavy atom. The molecule has 5 nitrogen and oxygen atoms in total. The molecule has 2 aromatic rings. The van der Waals surface area contributed by atoms with Crippen LogP contribution in [0.3, 0.4) is 0 Å². The molecule has 3 N–H and O–H groups in total. The number of hydrogen-bond acceptors (Lipinski definition) is 2. The van der Waals surface area contributed by atoms with Crippen LogP contribution in [0.15, 0.2) is 30.3 Å². The molecule has 1 aliphatic rings. The third-order valence-electron chi connectivity index (χ3n) is 6.08. The van der Waals surface area contributed by atoms with Crippen molar-refractivity contribution in [3.05, 3.63) is 47.4 Å². The molecule has 1 aromatic carbocycles. The number of carbonyl (C=O) groups is 2. The Balaban J connectivity index is 2.04. The molecular weight excluding hydrogens is 371 g/mol. The summed E-state index contributed by atoms with van der Waals surface area (Å²) in [4.78, 5) is 23.3. The Labute approximate surface area is 170 Å². The zero-order valence-corrected chi connectivity index (χ0v) is 16.9. The highest BCUT2D eigenvalue weighted by atomic mass is 19.1. The van der Waals surface area contributed by atoms with Crippen LogP contribution in [0, 0.1) is 18.7 Å². The fourth-order valence-electron chi connectivity index (χ4n) is 4.62. The number of aromatic carboxylic acids is 1. The molecule has 1 atom stereocenters. The van der Waals surface area contributed by atoms with Gasteiger partial charge in [-0.2, -0.15) is 0 Å². The van der Waals surface area contributed by atoms with E-state index >= 15 is 0 Å². The minimum atomic E-state index is -0.990. The molecule has 1 fully saturated rings. The lowest BCUT2D eigenvalue weighted by atomic mass is 9.83. The summed E-state index contributed by atoms with van der Waals surface area (Å²) in [7, 11) is 0. The van der Waals surface area contributed by atoms with E-state index < -0.39 is 5.97 Å². The number of nitrogens with zero attached hydrogens (tertiary/aromatic N) is 1. The second-order valence-corrected chi connectivity index (χ2v) is 8.11. The average Bonchev–Trinajstić information content (AvgIpc) is 3.04. The van der Waals surface area contributed by atoms with Crippen LogP contribution in [-0.2, 0) is 4.79 Å². The first-order chi connectivity index (χ1) is 13.9. The van der Waals surface area contributed by atoms with Crippen LogP contribution in [0.2, 0.25) is 0 Å². The maximum absolute atomic E-state index is 13.4. The molecule has 0 radical (unpaired) electrons. The van der Waals surface area contributed by atoms with E-state index in [2.05, 4.69) is 0 Å². The Bertz CT molecular complexity index is 867. The predicted molar refractivity (Wildman–Crippen MR) is 110 cm³/mol. The Kier molecular flexibility index (Phi) is 6.72. The number of amides is 1. The number of hydrogen-bond donors (Lipinski definition) is 2. The molecule has 156 valence electrons. The van der Waals surface area contributed by atoms with Gasteiger partial charge in [-0.05, 0) is 61.6 Å². The van der Waals surface area contributed by atoms with Gasteiger partial charge in [0, 0.05) is 23.9 Å². The number of nitrogens with two attached hydrogens (primary N) is 1. The highest BCUT2D eigenvalue weighted by Gasteiger charge is 2.26. The third kappa shape index (κ3) is 5.05. The molecule has 6 heteroatoms. The molecule has 29 heavy (non-hydrogen) atoms. The molecule has 0 bridgehead atoms. The number of halogens is 1. The monoisotopic (exact) mass is 400 g/mol. The lowest BCUT2D eigenvalue weighted by Crippen LogP contribution is -2.21. The minimum Gasteiger partial charge on any atom is -0.478 e. The number of carboxylic acid groups (broad SMARTS) is 1. The summed E-state index contributed by atoms with van der Waals surface area (Å²) < 4.78 is 15.5. The summed E-state index contributed by atoms with van der Waals surface area (Å²) in [6.07, 6.45) is 7.70. The van der Waals surface area contributed by atoms with Gasteiger partial charge in [-0.1, -0.05) is 32.1 Å². The first kappa shape index (κ1) is 21.1. The number of carbonyl (C=O) groups excluding carboxylic acids is 1. The van der Waals surface area contributed by atoms with Crippen LogP contribution in [0.1, 0.15) is 73.5 Å². The predicted octanol–water partition coefficient (Wildman–Crippen LogP) is 5.08. The third-order valence-corrected chi connectivity index (χ3v) is 6.08. The van der Waals surface area contributed by atoms with Gasteiger partial charge in [0.1, 0.15) is 5.82 Å². The van der Waals surface area contributed by atoms with Crippen molar-refractivity contribution in [3.8, 4) is 11.3 Å². The quantitative estimate of drug-likeness (QED) is 0.648. The first-order valence-electron chi connectivity index (χ1n) is 10.4. The molecule has 1 heterocycles. The van der Waals surface area contributed by atoms with Crippen LogP contribution in [-0.4, -0.2) is 21.6 Å². The zero-order chi connectivity index (χ0) is 21.0. The number of rotatable bonds is 8. The van der Waals surface area contributed by atoms with Gasteiger partial charge in [-0.3, -0.25) is 4.79 Å². The van der Waals surface area contributed by atoms with E-state index in [0.717, 1.165) is 30.5 Å². The zero-order valence-electron chi connectivity index (χ0n) is 16.9. The lowest BCUT2D eigenvalue weighted by molar-refractivity contribution is -0.118. The standard InChI is InChI=1S/C23H29FN2O3/c1-15-20(23(28)29)14-21(17-7-9-18(24)10-8-17)26(15)19(11-12-22(25)27)13-16-5-3-2-4-6-16/h7-10,14,16,19H,2-6,11-13H2,1H3,(H2,25,27)(H,28,29). The smallest absolute Gasteiger partial charge is 0.337 e. The van der Waals surface area contributed by atoms with Crippen LogP contribution < -0.4 is 5.73 Å². The van der Waals surface area contributed by atoms with Crippen molar-refractivity contribution in [2.24, 2.45) is 11.7 Å². The molecule has 1 saturated carbocycles. The summed E-state index contributed by atoms with van der Waals surface area (Å²) in [6.45, 7) is 1.80. The van der Waals surface area contributed by atoms with Gasteiger partial charge >= 0.3 is 5.97 Å². The van der Waals surface area contributed by atoms with Gasteiger partial charge in [0.25, 0.3) is 0 Å². The number of benzene rings is 1. The minimum absolute atomic E-state index is 0.0289. The van der Waals surface area contributed by atoms with Crippen LogP contribution >= 0.6 is 0 Å². The van der Waals surface area contributed by atoms with Gasteiger partial charge in [0.15, 0.2) is 0 Å². The normalized spacial score (nSPS) is 15.9. The molecule has 1 unspecified atom stereocenters. The fourth-order valence-corrected chi connectivity index (χ4v) is 4.62. The van der Waals surface area contributed by atoms with E-state index in [4.69, 9.17) is 5.73 Å². The summed E-state index contributed by atoms with van der Waals surface area (Å²) >= 11 is 0. The number of carboxylic acids is 1. The van der Waals surface area contributed by atoms with Crippen LogP contribution in [0.5, 0.6) is 0 Å². The van der Waals surface area contributed by atoms with E-state index in [1.807, 2.05) is 4.57 Å². The molecule has 1 aromatic heterocycles. The molecule has 1 aliphatic carbocycles. The Morgan fingerprint density at radius 2 is 1.86 bits per heavy atom. The SMILES string of the molecule is Cc1c(C(=O)O)cc(-c2ccc(F)cc2)n1C(CCC(N)=O)CC1CCCCC1. The van der Waals surface area contributed by atoms with Gasteiger partial charge in [-0.15, -0.1) is 0 Å². The number of aromatic nitrogens is 1. The summed E-state index contributed by atoms with van der Waals surface area (Å²) in [5, 5.41) is 9.67. The summed E-state index contributed by atoms with van der Waals surface area (Å²) in [6, 6.07) is 7.71. The van der Waals surface area contributed by atoms with E-state index in [9.17, 15) is 19.1 Å². The maximum Gasteiger partial charge on any atom is 0.337 e. The first-order valence-corrected chi connectivity index (χ1v) is 10.4. The van der Waals surface area contributed by atoms with Crippen molar-refractivity contribution in [3.63, 3.8) is 0 Å². The molecular formula is C23H29FN2O3. The van der Waals surface area contributed by atoms with E-state index in [-0.39, 0.29) is 29.8 Å². The maximum atomic E-state index is 13.4. The van der Waals surface area contributed by atoms with Crippen LogP contribution in [0.4, 0.5) is 4.39 Å². The molecule has 3 rings (SSSR count). The van der Waals surface area contributed by atoms with E-state index in [1.165, 1.54) is 31.4 Å². The highest BCUT2D eigenvalue weighted by Crippen LogP contribution is 2.37.